The van der Waals surface area contributed by atoms with Crippen molar-refractivity contribution < 1.29 is 18.7 Å². The second-order valence-electron chi connectivity index (χ2n) is 6.28. The predicted octanol–water partition coefficient (Wildman–Crippen LogP) is 2.85. The van der Waals surface area contributed by atoms with Gasteiger partial charge in [0.25, 0.3) is 0 Å². The van der Waals surface area contributed by atoms with Crippen LogP contribution < -0.4 is 15.4 Å². The monoisotopic (exact) mass is 407 g/mol. The number of carbonyl (C=O) groups is 2. The molecule has 0 bridgehead atoms. The summed E-state index contributed by atoms with van der Waals surface area (Å²) in [5, 5.41) is 5.85. The standard InChI is InChI=1S/C20H23ClFN3O3/c1-14-17(21)4-3-5-18(14)24-19(26)12-23-20(27)13-25(2)10-11-28-16-8-6-15(22)7-9-16/h3-9H,10-13H2,1-2H3,(H,23,27)(H,24,26). The third kappa shape index (κ3) is 7.17. The van der Waals surface area contributed by atoms with E-state index in [9.17, 15) is 14.0 Å². The van der Waals surface area contributed by atoms with E-state index in [-0.39, 0.29) is 30.7 Å². The first kappa shape index (κ1) is 21.7. The van der Waals surface area contributed by atoms with Crippen LogP contribution in [0.3, 0.4) is 0 Å². The van der Waals surface area contributed by atoms with Crippen molar-refractivity contribution >= 4 is 29.1 Å². The van der Waals surface area contributed by atoms with Crippen molar-refractivity contribution in [2.75, 3.05) is 38.6 Å². The minimum absolute atomic E-state index is 0.121. The Hall–Kier alpha value is -2.64. The lowest BCUT2D eigenvalue weighted by atomic mass is 10.2. The van der Waals surface area contributed by atoms with Gasteiger partial charge in [0, 0.05) is 17.3 Å². The van der Waals surface area contributed by atoms with Crippen molar-refractivity contribution in [3.63, 3.8) is 0 Å². The number of carbonyl (C=O) groups excluding carboxylic acids is 2. The summed E-state index contributed by atoms with van der Waals surface area (Å²) in [7, 11) is 1.77. The van der Waals surface area contributed by atoms with Crippen molar-refractivity contribution in [3.05, 3.63) is 58.9 Å². The molecule has 2 aromatic rings. The maximum absolute atomic E-state index is 12.8. The Morgan fingerprint density at radius 3 is 2.57 bits per heavy atom. The van der Waals surface area contributed by atoms with Crippen LogP contribution in [0.25, 0.3) is 0 Å². The van der Waals surface area contributed by atoms with E-state index in [1.807, 2.05) is 0 Å². The van der Waals surface area contributed by atoms with Gasteiger partial charge >= 0.3 is 0 Å². The van der Waals surface area contributed by atoms with E-state index >= 15 is 0 Å². The van der Waals surface area contributed by atoms with Gasteiger partial charge in [0.2, 0.25) is 11.8 Å². The van der Waals surface area contributed by atoms with Crippen molar-refractivity contribution in [2.45, 2.75) is 6.92 Å². The summed E-state index contributed by atoms with van der Waals surface area (Å²) in [4.78, 5) is 25.7. The number of likely N-dealkylation sites (N-methyl/N-ethyl adjacent to an activating group) is 1. The van der Waals surface area contributed by atoms with Crippen LogP contribution in [0.5, 0.6) is 5.75 Å². The average Bonchev–Trinajstić information content (AvgIpc) is 2.65. The van der Waals surface area contributed by atoms with E-state index < -0.39 is 0 Å². The van der Waals surface area contributed by atoms with Crippen LogP contribution in [0, 0.1) is 12.7 Å². The van der Waals surface area contributed by atoms with Gasteiger partial charge in [-0.15, -0.1) is 0 Å². The van der Waals surface area contributed by atoms with Crippen LogP contribution in [0.1, 0.15) is 5.56 Å². The van der Waals surface area contributed by atoms with Crippen molar-refractivity contribution in [2.24, 2.45) is 0 Å². The van der Waals surface area contributed by atoms with E-state index in [2.05, 4.69) is 10.6 Å². The van der Waals surface area contributed by atoms with Crippen LogP contribution in [0.4, 0.5) is 10.1 Å². The van der Waals surface area contributed by atoms with Gasteiger partial charge in [-0.3, -0.25) is 14.5 Å². The Bertz CT molecular complexity index is 815. The number of ether oxygens (including phenoxy) is 1. The molecular weight excluding hydrogens is 385 g/mol. The second-order valence-corrected chi connectivity index (χ2v) is 6.68. The van der Waals surface area contributed by atoms with E-state index in [0.29, 0.717) is 29.6 Å². The zero-order valence-corrected chi connectivity index (χ0v) is 16.6. The number of amides is 2. The van der Waals surface area contributed by atoms with Crippen LogP contribution in [0.2, 0.25) is 5.02 Å². The number of hydrogen-bond donors (Lipinski definition) is 2. The van der Waals surface area contributed by atoms with Crippen molar-refractivity contribution in [1.29, 1.82) is 0 Å². The lowest BCUT2D eigenvalue weighted by Crippen LogP contribution is -2.40. The highest BCUT2D eigenvalue weighted by Gasteiger charge is 2.10. The Labute approximate surface area is 168 Å². The summed E-state index contributed by atoms with van der Waals surface area (Å²) in [5.41, 5.74) is 1.38. The van der Waals surface area contributed by atoms with Crippen LogP contribution >= 0.6 is 11.6 Å². The fourth-order valence-electron chi connectivity index (χ4n) is 2.35. The Morgan fingerprint density at radius 2 is 1.86 bits per heavy atom. The maximum atomic E-state index is 12.8. The Balaban J connectivity index is 1.66. The fraction of sp³-hybridized carbons (Fsp3) is 0.300. The number of rotatable bonds is 9. The lowest BCUT2D eigenvalue weighted by molar-refractivity contribution is -0.124. The van der Waals surface area contributed by atoms with E-state index in [1.165, 1.54) is 12.1 Å². The van der Waals surface area contributed by atoms with Crippen LogP contribution in [-0.2, 0) is 9.59 Å². The average molecular weight is 408 g/mol. The first-order valence-electron chi connectivity index (χ1n) is 8.73. The molecule has 0 heterocycles. The number of nitrogens with zero attached hydrogens (tertiary/aromatic N) is 1. The lowest BCUT2D eigenvalue weighted by Gasteiger charge is -2.16. The minimum atomic E-state index is -0.332. The van der Waals surface area contributed by atoms with Gasteiger partial charge < -0.3 is 15.4 Å². The van der Waals surface area contributed by atoms with Crippen LogP contribution in [-0.4, -0.2) is 50.0 Å². The topological polar surface area (TPSA) is 70.7 Å². The van der Waals surface area contributed by atoms with E-state index in [1.54, 1.807) is 49.2 Å². The molecule has 0 fully saturated rings. The summed E-state index contributed by atoms with van der Waals surface area (Å²) in [6.45, 7) is 2.64. The summed E-state index contributed by atoms with van der Waals surface area (Å²) >= 11 is 6.02. The van der Waals surface area contributed by atoms with Gasteiger partial charge in [-0.05, 0) is 55.9 Å². The maximum Gasteiger partial charge on any atom is 0.243 e. The first-order chi connectivity index (χ1) is 13.3. The predicted molar refractivity (Wildman–Crippen MR) is 107 cm³/mol. The Kier molecular flexibility index (Phi) is 8.22. The molecule has 0 aromatic heterocycles. The molecule has 2 N–H and O–H groups in total. The molecule has 0 saturated heterocycles. The van der Waals surface area contributed by atoms with E-state index in [0.717, 1.165) is 5.56 Å². The summed E-state index contributed by atoms with van der Waals surface area (Å²) in [6, 6.07) is 11.0. The molecule has 0 saturated carbocycles. The highest BCUT2D eigenvalue weighted by atomic mass is 35.5. The van der Waals surface area contributed by atoms with Gasteiger partial charge in [0.1, 0.15) is 18.2 Å². The quantitative estimate of drug-likeness (QED) is 0.670. The second kappa shape index (κ2) is 10.6. The number of hydrogen-bond acceptors (Lipinski definition) is 4. The molecule has 6 nitrogen and oxygen atoms in total. The zero-order chi connectivity index (χ0) is 20.5. The van der Waals surface area contributed by atoms with Crippen LogP contribution in [0.15, 0.2) is 42.5 Å². The van der Waals surface area contributed by atoms with E-state index in [4.69, 9.17) is 16.3 Å². The van der Waals surface area contributed by atoms with Gasteiger partial charge in [-0.1, -0.05) is 17.7 Å². The molecule has 2 aromatic carbocycles. The molecule has 0 unspecified atom stereocenters. The normalized spacial score (nSPS) is 10.6. The molecule has 0 atom stereocenters. The third-order valence-electron chi connectivity index (χ3n) is 3.96. The number of anilines is 1. The molecule has 8 heteroatoms. The molecular formula is C20H23ClFN3O3. The number of halogens is 2. The molecule has 0 spiro atoms. The molecule has 150 valence electrons. The van der Waals surface area contributed by atoms with Gasteiger partial charge in [0.15, 0.2) is 0 Å². The highest BCUT2D eigenvalue weighted by Crippen LogP contribution is 2.22. The van der Waals surface area contributed by atoms with Crippen molar-refractivity contribution in [1.82, 2.24) is 10.2 Å². The third-order valence-corrected chi connectivity index (χ3v) is 4.37. The number of benzene rings is 2. The molecule has 28 heavy (non-hydrogen) atoms. The summed E-state index contributed by atoms with van der Waals surface area (Å²) in [6.07, 6.45) is 0. The molecule has 0 radical (unpaired) electrons. The summed E-state index contributed by atoms with van der Waals surface area (Å²) in [5.74, 6) is -0.369. The molecule has 2 amide bonds. The fourth-order valence-corrected chi connectivity index (χ4v) is 2.52. The molecule has 0 aliphatic carbocycles. The zero-order valence-electron chi connectivity index (χ0n) is 15.8. The highest BCUT2D eigenvalue weighted by molar-refractivity contribution is 6.31. The number of nitrogens with one attached hydrogen (secondary N) is 2. The van der Waals surface area contributed by atoms with Gasteiger partial charge in [-0.2, -0.15) is 0 Å². The SMILES string of the molecule is Cc1c(Cl)cccc1NC(=O)CNC(=O)CN(C)CCOc1ccc(F)cc1. The summed E-state index contributed by atoms with van der Waals surface area (Å²) < 4.78 is 18.3. The smallest absolute Gasteiger partial charge is 0.243 e. The van der Waals surface area contributed by atoms with Crippen molar-refractivity contribution in [3.8, 4) is 5.75 Å². The first-order valence-corrected chi connectivity index (χ1v) is 9.11. The molecule has 2 rings (SSSR count). The van der Waals surface area contributed by atoms with Gasteiger partial charge in [-0.25, -0.2) is 4.39 Å². The Morgan fingerprint density at radius 1 is 1.14 bits per heavy atom. The largest absolute Gasteiger partial charge is 0.492 e. The molecule has 0 aliphatic heterocycles. The minimum Gasteiger partial charge on any atom is -0.492 e. The molecule has 0 aliphatic rings. The van der Waals surface area contributed by atoms with Gasteiger partial charge in [0.05, 0.1) is 13.1 Å².